The van der Waals surface area contributed by atoms with Crippen molar-refractivity contribution in [2.45, 2.75) is 12.2 Å². The Kier molecular flexibility index (Phi) is 4.99. The van der Waals surface area contributed by atoms with E-state index in [0.717, 1.165) is 0 Å². The number of carboxylic acid groups (broad SMARTS) is 1. The lowest BCUT2D eigenvalue weighted by atomic mass is 10.1. The van der Waals surface area contributed by atoms with Crippen LogP contribution in [0.1, 0.15) is 17.3 Å². The fourth-order valence-corrected chi connectivity index (χ4v) is 1.74. The summed E-state index contributed by atoms with van der Waals surface area (Å²) in [5.41, 5.74) is -0.744. The van der Waals surface area contributed by atoms with Crippen LogP contribution in [0.2, 0.25) is 0 Å². The van der Waals surface area contributed by atoms with Gasteiger partial charge in [-0.05, 0) is 19.1 Å². The number of para-hydroxylation sites is 1. The molecule has 0 saturated heterocycles. The van der Waals surface area contributed by atoms with Gasteiger partial charge >= 0.3 is 11.7 Å². The number of hydrogen-bond acceptors (Lipinski definition) is 5. The van der Waals surface area contributed by atoms with E-state index in [2.05, 4.69) is 5.32 Å². The molecular formula is C11H14N2O5S. The highest BCUT2D eigenvalue weighted by Gasteiger charge is 2.24. The highest BCUT2D eigenvalue weighted by Crippen LogP contribution is 2.28. The fourth-order valence-electron chi connectivity index (χ4n) is 1.43. The van der Waals surface area contributed by atoms with E-state index in [4.69, 9.17) is 5.11 Å². The molecule has 2 atom stereocenters. The summed E-state index contributed by atoms with van der Waals surface area (Å²) in [4.78, 5) is 21.2. The number of nitro benzene ring substituents is 1. The summed E-state index contributed by atoms with van der Waals surface area (Å²) in [7, 11) is -1.06. The lowest BCUT2D eigenvalue weighted by Crippen LogP contribution is -2.21. The summed E-state index contributed by atoms with van der Waals surface area (Å²) in [5, 5.41) is 22.5. The zero-order chi connectivity index (χ0) is 14.6. The molecule has 7 nitrogen and oxygen atoms in total. The molecule has 0 fully saturated rings. The summed E-state index contributed by atoms with van der Waals surface area (Å²) >= 11 is 0. The van der Waals surface area contributed by atoms with Gasteiger partial charge < -0.3 is 10.4 Å². The first kappa shape index (κ1) is 15.1. The number of hydrogen-bond donors (Lipinski definition) is 2. The van der Waals surface area contributed by atoms with Crippen LogP contribution in [0, 0.1) is 10.1 Å². The summed E-state index contributed by atoms with van der Waals surface area (Å²) in [6.45, 7) is 1.99. The van der Waals surface area contributed by atoms with Crippen molar-refractivity contribution in [2.75, 3.05) is 18.1 Å². The van der Waals surface area contributed by atoms with Crippen LogP contribution in [0.25, 0.3) is 0 Å². The third-order valence-corrected chi connectivity index (χ3v) is 3.90. The molecule has 0 bridgehead atoms. The van der Waals surface area contributed by atoms with Gasteiger partial charge in [0.1, 0.15) is 11.3 Å². The predicted molar refractivity (Wildman–Crippen MR) is 72.1 cm³/mol. The lowest BCUT2D eigenvalue weighted by Gasteiger charge is -2.12. The maximum Gasteiger partial charge on any atom is 0.342 e. The maximum atomic E-state index is 11.2. The van der Waals surface area contributed by atoms with Crippen LogP contribution < -0.4 is 5.32 Å². The van der Waals surface area contributed by atoms with Gasteiger partial charge in [-0.15, -0.1) is 0 Å². The Labute approximate surface area is 112 Å². The summed E-state index contributed by atoms with van der Waals surface area (Å²) < 4.78 is 11.2. The van der Waals surface area contributed by atoms with E-state index >= 15 is 0 Å². The molecule has 2 unspecified atom stereocenters. The number of rotatable bonds is 6. The fraction of sp³-hybridized carbons (Fsp3) is 0.364. The Hall–Kier alpha value is -1.96. The Morgan fingerprint density at radius 1 is 1.58 bits per heavy atom. The van der Waals surface area contributed by atoms with Gasteiger partial charge in [0.2, 0.25) is 0 Å². The predicted octanol–water partition coefficient (Wildman–Crippen LogP) is 1.47. The maximum absolute atomic E-state index is 11.2. The SMILES string of the molecule is CC(CNc1cccc(C(=O)O)c1[N+](=O)[O-])S(C)=O. The monoisotopic (exact) mass is 286 g/mol. The van der Waals surface area contributed by atoms with Crippen molar-refractivity contribution in [3.05, 3.63) is 33.9 Å². The van der Waals surface area contributed by atoms with E-state index in [1.165, 1.54) is 24.5 Å². The standard InChI is InChI=1S/C11H14N2O5S/c1-7(19(2)18)6-12-9-5-3-4-8(11(14)15)10(9)13(16)17/h3-5,7,12H,6H2,1-2H3,(H,14,15). The molecule has 1 rings (SSSR count). The minimum absolute atomic E-state index is 0.113. The molecule has 0 radical (unpaired) electrons. The smallest absolute Gasteiger partial charge is 0.342 e. The molecule has 104 valence electrons. The minimum atomic E-state index is -1.36. The average molecular weight is 286 g/mol. The molecule has 0 aliphatic carbocycles. The van der Waals surface area contributed by atoms with Crippen molar-refractivity contribution in [1.29, 1.82) is 0 Å². The summed E-state index contributed by atoms with van der Waals surface area (Å²) in [6, 6.07) is 4.02. The van der Waals surface area contributed by atoms with E-state index in [9.17, 15) is 19.1 Å². The van der Waals surface area contributed by atoms with Gasteiger partial charge in [-0.2, -0.15) is 0 Å². The van der Waals surface area contributed by atoms with E-state index in [1.807, 2.05) is 0 Å². The molecule has 0 heterocycles. The van der Waals surface area contributed by atoms with Gasteiger partial charge in [-0.1, -0.05) is 6.07 Å². The number of benzene rings is 1. The molecule has 0 amide bonds. The van der Waals surface area contributed by atoms with E-state index in [1.54, 1.807) is 6.92 Å². The zero-order valence-electron chi connectivity index (χ0n) is 10.5. The van der Waals surface area contributed by atoms with Crippen molar-refractivity contribution < 1.29 is 19.0 Å². The van der Waals surface area contributed by atoms with Crippen LogP contribution in [-0.2, 0) is 10.8 Å². The van der Waals surface area contributed by atoms with Gasteiger partial charge in [0.25, 0.3) is 0 Å². The first-order valence-corrected chi connectivity index (χ1v) is 7.03. The van der Waals surface area contributed by atoms with Gasteiger partial charge in [0, 0.05) is 28.9 Å². The van der Waals surface area contributed by atoms with E-state index in [0.29, 0.717) is 0 Å². The highest BCUT2D eigenvalue weighted by atomic mass is 32.2. The van der Waals surface area contributed by atoms with Gasteiger partial charge in [0.15, 0.2) is 0 Å². The Morgan fingerprint density at radius 2 is 2.21 bits per heavy atom. The highest BCUT2D eigenvalue weighted by molar-refractivity contribution is 7.84. The lowest BCUT2D eigenvalue weighted by molar-refractivity contribution is -0.384. The van der Waals surface area contributed by atoms with Crippen LogP contribution in [0.5, 0.6) is 0 Å². The molecule has 0 aliphatic rings. The molecule has 19 heavy (non-hydrogen) atoms. The first-order valence-electron chi connectivity index (χ1n) is 5.41. The number of anilines is 1. The second kappa shape index (κ2) is 6.28. The number of carbonyl (C=O) groups is 1. The van der Waals surface area contributed by atoms with Crippen LogP contribution in [-0.4, -0.2) is 38.3 Å². The summed E-state index contributed by atoms with van der Waals surface area (Å²) in [6.07, 6.45) is 1.54. The van der Waals surface area contributed by atoms with Crippen molar-refractivity contribution in [1.82, 2.24) is 0 Å². The van der Waals surface area contributed by atoms with Crippen molar-refractivity contribution in [2.24, 2.45) is 0 Å². The molecule has 0 spiro atoms. The third kappa shape index (κ3) is 3.75. The molecule has 1 aromatic rings. The van der Waals surface area contributed by atoms with E-state index < -0.39 is 27.4 Å². The molecule has 0 aromatic heterocycles. The number of nitro groups is 1. The molecule has 0 saturated carbocycles. The van der Waals surface area contributed by atoms with E-state index in [-0.39, 0.29) is 23.0 Å². The first-order chi connectivity index (χ1) is 8.84. The van der Waals surface area contributed by atoms with Crippen molar-refractivity contribution in [3.8, 4) is 0 Å². The largest absolute Gasteiger partial charge is 0.477 e. The van der Waals surface area contributed by atoms with Crippen LogP contribution in [0.4, 0.5) is 11.4 Å². The molecule has 2 N–H and O–H groups in total. The Morgan fingerprint density at radius 3 is 2.68 bits per heavy atom. The molecule has 8 heteroatoms. The van der Waals surface area contributed by atoms with Gasteiger partial charge in [-0.25, -0.2) is 4.79 Å². The Bertz CT molecular complexity index is 532. The number of nitrogens with zero attached hydrogens (tertiary/aromatic N) is 1. The summed E-state index contributed by atoms with van der Waals surface area (Å²) in [5.74, 6) is -1.36. The second-order valence-electron chi connectivity index (χ2n) is 3.95. The molecule has 0 aliphatic heterocycles. The van der Waals surface area contributed by atoms with Crippen LogP contribution in [0.15, 0.2) is 18.2 Å². The number of carboxylic acids is 1. The Balaban J connectivity index is 3.07. The van der Waals surface area contributed by atoms with Crippen molar-refractivity contribution in [3.63, 3.8) is 0 Å². The number of nitrogens with one attached hydrogen (secondary N) is 1. The number of aromatic carboxylic acids is 1. The average Bonchev–Trinajstić information content (AvgIpc) is 2.34. The second-order valence-corrected chi connectivity index (χ2v) is 5.76. The van der Waals surface area contributed by atoms with Crippen LogP contribution in [0.3, 0.4) is 0 Å². The minimum Gasteiger partial charge on any atom is -0.477 e. The zero-order valence-corrected chi connectivity index (χ0v) is 11.3. The topological polar surface area (TPSA) is 110 Å². The molecule has 1 aromatic carbocycles. The van der Waals surface area contributed by atoms with Gasteiger partial charge in [-0.3, -0.25) is 14.3 Å². The van der Waals surface area contributed by atoms with Crippen molar-refractivity contribution >= 4 is 28.1 Å². The molecular weight excluding hydrogens is 272 g/mol. The third-order valence-electron chi connectivity index (χ3n) is 2.60. The normalized spacial score (nSPS) is 13.6. The van der Waals surface area contributed by atoms with Crippen LogP contribution >= 0.6 is 0 Å². The van der Waals surface area contributed by atoms with Gasteiger partial charge in [0.05, 0.1) is 4.92 Å². The quantitative estimate of drug-likeness (QED) is 0.605.